The number of hydrogen-bond donors (Lipinski definition) is 1. The van der Waals surface area contributed by atoms with Crippen LogP contribution in [0, 0.1) is 29.6 Å². The third kappa shape index (κ3) is 1.93. The molecule has 6 unspecified atom stereocenters. The van der Waals surface area contributed by atoms with Crippen LogP contribution in [0.1, 0.15) is 53.4 Å². The van der Waals surface area contributed by atoms with Gasteiger partial charge >= 0.3 is 5.97 Å². The second-order valence-electron chi connectivity index (χ2n) is 7.86. The van der Waals surface area contributed by atoms with Crippen LogP contribution in [0.4, 0.5) is 0 Å². The number of aliphatic hydroxyl groups is 1. The molecule has 2 bridgehead atoms. The Kier molecular flexibility index (Phi) is 2.80. The molecule has 3 aliphatic carbocycles. The third-order valence-electron chi connectivity index (χ3n) is 5.96. The first-order chi connectivity index (χ1) is 8.73. The Labute approximate surface area is 115 Å². The minimum absolute atomic E-state index is 0.0733. The predicted octanol–water partition coefficient (Wildman–Crippen LogP) is 2.76. The zero-order chi connectivity index (χ0) is 14.0. The van der Waals surface area contributed by atoms with Crippen LogP contribution in [-0.4, -0.2) is 22.3 Å². The molecule has 0 aromatic rings. The largest absolute Gasteiger partial charge is 0.459 e. The maximum atomic E-state index is 12.0. The number of carbonyl (C=O) groups is 1. The average Bonchev–Trinajstić information content (AvgIpc) is 2.39. The highest BCUT2D eigenvalue weighted by atomic mass is 16.6. The van der Waals surface area contributed by atoms with Gasteiger partial charge in [0.05, 0.1) is 11.5 Å². The van der Waals surface area contributed by atoms with Gasteiger partial charge in [0.1, 0.15) is 5.60 Å². The summed E-state index contributed by atoms with van der Waals surface area (Å²) < 4.78 is 5.92. The van der Waals surface area contributed by atoms with Gasteiger partial charge in [0.15, 0.2) is 0 Å². The summed E-state index contributed by atoms with van der Waals surface area (Å²) in [5.41, 5.74) is -0.923. The molecule has 0 amide bonds. The van der Waals surface area contributed by atoms with Crippen molar-refractivity contribution < 1.29 is 14.6 Å². The first-order valence-electron chi connectivity index (χ1n) is 7.68. The van der Waals surface area contributed by atoms with Crippen molar-refractivity contribution in [2.45, 2.75) is 64.6 Å². The molecule has 19 heavy (non-hydrogen) atoms. The lowest BCUT2D eigenvalue weighted by molar-refractivity contribution is -0.187. The van der Waals surface area contributed by atoms with Gasteiger partial charge < -0.3 is 9.84 Å². The number of fused-ring (bicyclic) bond motifs is 1. The van der Waals surface area contributed by atoms with Gasteiger partial charge in [0.25, 0.3) is 0 Å². The summed E-state index contributed by atoms with van der Waals surface area (Å²) >= 11 is 0. The summed E-state index contributed by atoms with van der Waals surface area (Å²) in [6.45, 7) is 7.84. The van der Waals surface area contributed by atoms with E-state index in [4.69, 9.17) is 4.74 Å². The van der Waals surface area contributed by atoms with Crippen molar-refractivity contribution >= 4 is 5.97 Å². The number of rotatable bonds is 2. The molecule has 3 saturated carbocycles. The monoisotopic (exact) mass is 266 g/mol. The standard InChI is InChI=1S/C16H26O3/c1-9(2)14(17)19-16(4)11-6-12-10(5-13(12)16)7-15(3,18)8-11/h9-13,18H,5-8H2,1-4H3. The van der Waals surface area contributed by atoms with Gasteiger partial charge in [-0.3, -0.25) is 4.79 Å². The van der Waals surface area contributed by atoms with E-state index in [-0.39, 0.29) is 17.5 Å². The molecule has 3 aliphatic rings. The van der Waals surface area contributed by atoms with Crippen molar-refractivity contribution in [2.75, 3.05) is 0 Å². The third-order valence-corrected chi connectivity index (χ3v) is 5.96. The van der Waals surface area contributed by atoms with E-state index in [2.05, 4.69) is 6.92 Å². The topological polar surface area (TPSA) is 46.5 Å². The quantitative estimate of drug-likeness (QED) is 0.782. The summed E-state index contributed by atoms with van der Waals surface area (Å²) in [6.07, 6.45) is 3.96. The van der Waals surface area contributed by atoms with Gasteiger partial charge in [-0.05, 0) is 51.4 Å². The molecule has 0 aromatic carbocycles. The maximum Gasteiger partial charge on any atom is 0.308 e. The van der Waals surface area contributed by atoms with E-state index in [1.807, 2.05) is 20.8 Å². The van der Waals surface area contributed by atoms with Crippen LogP contribution in [0.2, 0.25) is 0 Å². The smallest absolute Gasteiger partial charge is 0.308 e. The van der Waals surface area contributed by atoms with Crippen molar-refractivity contribution in [3.8, 4) is 0 Å². The molecule has 0 aliphatic heterocycles. The van der Waals surface area contributed by atoms with Gasteiger partial charge in [-0.15, -0.1) is 0 Å². The number of esters is 1. The van der Waals surface area contributed by atoms with E-state index in [1.54, 1.807) is 0 Å². The fraction of sp³-hybridized carbons (Fsp3) is 0.938. The highest BCUT2D eigenvalue weighted by molar-refractivity contribution is 5.72. The van der Waals surface area contributed by atoms with Crippen LogP contribution in [0.25, 0.3) is 0 Å². The fourth-order valence-electron chi connectivity index (χ4n) is 4.88. The number of ether oxygens (including phenoxy) is 1. The van der Waals surface area contributed by atoms with Crippen molar-refractivity contribution in [3.05, 3.63) is 0 Å². The number of carbonyl (C=O) groups excluding carboxylic acids is 1. The van der Waals surface area contributed by atoms with Gasteiger partial charge in [-0.25, -0.2) is 0 Å². The Morgan fingerprint density at radius 2 is 1.95 bits per heavy atom. The van der Waals surface area contributed by atoms with E-state index in [1.165, 1.54) is 0 Å². The zero-order valence-corrected chi connectivity index (χ0v) is 12.5. The number of hydrogen-bond acceptors (Lipinski definition) is 3. The molecular formula is C16H26O3. The lowest BCUT2D eigenvalue weighted by Gasteiger charge is -2.51. The second-order valence-corrected chi connectivity index (χ2v) is 7.86. The van der Waals surface area contributed by atoms with Crippen LogP contribution in [0.5, 0.6) is 0 Å². The summed E-state index contributed by atoms with van der Waals surface area (Å²) in [5.74, 6) is 2.01. The average molecular weight is 266 g/mol. The summed E-state index contributed by atoms with van der Waals surface area (Å²) in [6, 6.07) is 0. The molecule has 1 N–H and O–H groups in total. The van der Waals surface area contributed by atoms with Gasteiger partial charge in [0.2, 0.25) is 0 Å². The molecule has 0 heterocycles. The Morgan fingerprint density at radius 1 is 1.26 bits per heavy atom. The maximum absolute atomic E-state index is 12.0. The second kappa shape index (κ2) is 3.97. The minimum atomic E-state index is -0.582. The van der Waals surface area contributed by atoms with Crippen LogP contribution >= 0.6 is 0 Å². The van der Waals surface area contributed by atoms with E-state index in [0.29, 0.717) is 23.7 Å². The first-order valence-corrected chi connectivity index (χ1v) is 7.68. The van der Waals surface area contributed by atoms with Gasteiger partial charge in [0, 0.05) is 11.8 Å². The molecule has 3 fully saturated rings. The van der Waals surface area contributed by atoms with Crippen molar-refractivity contribution in [1.82, 2.24) is 0 Å². The molecule has 0 aromatic heterocycles. The van der Waals surface area contributed by atoms with E-state index < -0.39 is 5.60 Å². The van der Waals surface area contributed by atoms with Gasteiger partial charge in [-0.1, -0.05) is 13.8 Å². The minimum Gasteiger partial charge on any atom is -0.459 e. The fourth-order valence-corrected chi connectivity index (χ4v) is 4.88. The van der Waals surface area contributed by atoms with Crippen LogP contribution in [-0.2, 0) is 9.53 Å². The normalized spacial score (nSPS) is 51.7. The summed E-state index contributed by atoms with van der Waals surface area (Å²) in [5, 5.41) is 10.5. The molecular weight excluding hydrogens is 240 g/mol. The molecule has 108 valence electrons. The first kappa shape index (κ1) is 13.4. The molecule has 3 nitrogen and oxygen atoms in total. The van der Waals surface area contributed by atoms with E-state index in [9.17, 15) is 9.90 Å². The van der Waals surface area contributed by atoms with Gasteiger partial charge in [-0.2, -0.15) is 0 Å². The Hall–Kier alpha value is -0.570. The van der Waals surface area contributed by atoms with Crippen LogP contribution in [0.3, 0.4) is 0 Å². The van der Waals surface area contributed by atoms with E-state index in [0.717, 1.165) is 25.7 Å². The predicted molar refractivity (Wildman–Crippen MR) is 72.4 cm³/mol. The van der Waals surface area contributed by atoms with Crippen molar-refractivity contribution in [2.24, 2.45) is 29.6 Å². The molecule has 0 spiro atoms. The highest BCUT2D eigenvalue weighted by Crippen LogP contribution is 2.65. The molecule has 0 saturated heterocycles. The molecule has 6 atom stereocenters. The van der Waals surface area contributed by atoms with Crippen LogP contribution < -0.4 is 0 Å². The summed E-state index contributed by atoms with van der Waals surface area (Å²) in [7, 11) is 0. The highest BCUT2D eigenvalue weighted by Gasteiger charge is 2.65. The SMILES string of the molecule is CC(C)C(=O)OC1(C)C2CC3C(CC31)CC(C)(O)C2. The Bertz CT molecular complexity index is 401. The zero-order valence-electron chi connectivity index (χ0n) is 12.5. The van der Waals surface area contributed by atoms with Crippen LogP contribution in [0.15, 0.2) is 0 Å². The Balaban J connectivity index is 1.85. The molecule has 3 heteroatoms. The van der Waals surface area contributed by atoms with E-state index >= 15 is 0 Å². The Morgan fingerprint density at radius 3 is 2.58 bits per heavy atom. The van der Waals surface area contributed by atoms with Crippen molar-refractivity contribution in [1.29, 1.82) is 0 Å². The molecule has 3 rings (SSSR count). The van der Waals surface area contributed by atoms with Crippen molar-refractivity contribution in [3.63, 3.8) is 0 Å². The molecule has 0 radical (unpaired) electrons. The lowest BCUT2D eigenvalue weighted by atomic mass is 9.58. The lowest BCUT2D eigenvalue weighted by Crippen LogP contribution is -2.53. The summed E-state index contributed by atoms with van der Waals surface area (Å²) in [4.78, 5) is 12.0.